The number of nitrogens with zero attached hydrogens (tertiary/aromatic N) is 2. The summed E-state index contributed by atoms with van der Waals surface area (Å²) in [4.78, 5) is 30.1. The molecule has 172 valence electrons. The molecular formula is C23H30N4O4S. The summed E-state index contributed by atoms with van der Waals surface area (Å²) in [6.45, 7) is 5.81. The molecular weight excluding hydrogens is 428 g/mol. The third kappa shape index (κ3) is 4.59. The van der Waals surface area contributed by atoms with Gasteiger partial charge in [0.15, 0.2) is 0 Å². The molecule has 8 nitrogen and oxygen atoms in total. The normalized spacial score (nSPS) is 19.8. The zero-order valence-electron chi connectivity index (χ0n) is 18.6. The Morgan fingerprint density at radius 3 is 2.53 bits per heavy atom. The monoisotopic (exact) mass is 458 g/mol. The van der Waals surface area contributed by atoms with Crippen LogP contribution in [0.3, 0.4) is 0 Å². The molecule has 0 radical (unpaired) electrons. The van der Waals surface area contributed by atoms with Gasteiger partial charge in [0.25, 0.3) is 5.91 Å². The van der Waals surface area contributed by atoms with Crippen molar-refractivity contribution in [2.45, 2.75) is 44.4 Å². The molecule has 1 aromatic heterocycles. The summed E-state index contributed by atoms with van der Waals surface area (Å²) in [7, 11) is -3.80. The largest absolute Gasteiger partial charge is 0.356 e. The summed E-state index contributed by atoms with van der Waals surface area (Å²) in [6, 6.07) is 7.22. The van der Waals surface area contributed by atoms with E-state index in [4.69, 9.17) is 0 Å². The van der Waals surface area contributed by atoms with Crippen molar-refractivity contribution < 1.29 is 18.0 Å². The Labute approximate surface area is 189 Å². The van der Waals surface area contributed by atoms with Crippen LogP contribution in [0.25, 0.3) is 0 Å². The molecule has 0 aliphatic carbocycles. The first-order valence-electron chi connectivity index (χ1n) is 11.1. The summed E-state index contributed by atoms with van der Waals surface area (Å²) >= 11 is 0. The number of sulfonamides is 1. The Morgan fingerprint density at radius 1 is 1.06 bits per heavy atom. The smallest absolute Gasteiger partial charge is 0.270 e. The number of aryl methyl sites for hydroxylation is 2. The van der Waals surface area contributed by atoms with Gasteiger partial charge in [-0.2, -0.15) is 4.31 Å². The van der Waals surface area contributed by atoms with Crippen molar-refractivity contribution in [3.05, 3.63) is 47.3 Å². The summed E-state index contributed by atoms with van der Waals surface area (Å²) in [5.41, 5.74) is 3.12. The number of hydrogen-bond donors (Lipinski definition) is 2. The molecule has 4 rings (SSSR count). The van der Waals surface area contributed by atoms with Gasteiger partial charge in [-0.25, -0.2) is 8.42 Å². The molecule has 9 heteroatoms. The van der Waals surface area contributed by atoms with E-state index in [1.807, 2.05) is 32.0 Å². The maximum Gasteiger partial charge on any atom is 0.270 e. The second-order valence-corrected chi connectivity index (χ2v) is 10.7. The highest BCUT2D eigenvalue weighted by Gasteiger charge is 2.34. The minimum Gasteiger partial charge on any atom is -0.356 e. The minimum atomic E-state index is -3.80. The second-order valence-electron chi connectivity index (χ2n) is 8.76. The fourth-order valence-electron chi connectivity index (χ4n) is 4.45. The number of rotatable bonds is 5. The number of hydrogen-bond acceptors (Lipinski definition) is 4. The Kier molecular flexibility index (Phi) is 6.39. The fraction of sp³-hybridized carbons (Fsp3) is 0.478. The maximum atomic E-state index is 13.2. The van der Waals surface area contributed by atoms with Crippen LogP contribution >= 0.6 is 0 Å². The number of aromatic nitrogens is 1. The van der Waals surface area contributed by atoms with Crippen LogP contribution in [0.2, 0.25) is 0 Å². The van der Waals surface area contributed by atoms with Crippen LogP contribution < -0.4 is 5.32 Å². The molecule has 2 saturated heterocycles. The van der Waals surface area contributed by atoms with E-state index >= 15 is 0 Å². The van der Waals surface area contributed by atoms with E-state index in [2.05, 4.69) is 10.3 Å². The average Bonchev–Trinajstić information content (AvgIpc) is 3.48. The predicted molar refractivity (Wildman–Crippen MR) is 122 cm³/mol. The van der Waals surface area contributed by atoms with Crippen LogP contribution in [0.4, 0.5) is 5.69 Å². The molecule has 0 bridgehead atoms. The van der Waals surface area contributed by atoms with E-state index in [9.17, 15) is 18.0 Å². The van der Waals surface area contributed by atoms with Crippen LogP contribution in [-0.2, 0) is 14.8 Å². The van der Waals surface area contributed by atoms with Crippen LogP contribution in [-0.4, -0.2) is 60.6 Å². The van der Waals surface area contributed by atoms with Crippen molar-refractivity contribution in [2.75, 3.05) is 31.5 Å². The van der Waals surface area contributed by atoms with Crippen molar-refractivity contribution >= 4 is 27.5 Å². The average molecular weight is 459 g/mol. The number of benzene rings is 1. The van der Waals surface area contributed by atoms with Gasteiger partial charge in [-0.15, -0.1) is 0 Å². The van der Waals surface area contributed by atoms with Crippen molar-refractivity contribution in [3.8, 4) is 0 Å². The molecule has 2 aliphatic rings. The first kappa shape index (κ1) is 22.5. The zero-order chi connectivity index (χ0) is 22.9. The molecule has 2 N–H and O–H groups in total. The van der Waals surface area contributed by atoms with Gasteiger partial charge in [0, 0.05) is 38.1 Å². The molecule has 3 heterocycles. The SMILES string of the molecule is Cc1ccc(NC(=O)[C@@H]2CCCN(S(=O)(=O)c3c[nH]c(C(=O)N4CCCC4)c3)C2)c(C)c1. The number of piperidine rings is 1. The first-order chi connectivity index (χ1) is 15.3. The van der Waals surface area contributed by atoms with Gasteiger partial charge < -0.3 is 15.2 Å². The number of carbonyl (C=O) groups excluding carboxylic acids is 2. The van der Waals surface area contributed by atoms with Crippen molar-refractivity contribution in [3.63, 3.8) is 0 Å². The quantitative estimate of drug-likeness (QED) is 0.719. The predicted octanol–water partition coefficient (Wildman–Crippen LogP) is 2.91. The van der Waals surface area contributed by atoms with Gasteiger partial charge >= 0.3 is 0 Å². The van der Waals surface area contributed by atoms with Crippen molar-refractivity contribution in [1.29, 1.82) is 0 Å². The van der Waals surface area contributed by atoms with E-state index in [0.29, 0.717) is 32.5 Å². The number of aromatic amines is 1. The molecule has 2 fully saturated rings. The third-order valence-electron chi connectivity index (χ3n) is 6.31. The Balaban J connectivity index is 1.45. The van der Waals surface area contributed by atoms with Gasteiger partial charge in [0.1, 0.15) is 10.6 Å². The summed E-state index contributed by atoms with van der Waals surface area (Å²) in [5.74, 6) is -0.770. The molecule has 1 atom stereocenters. The van der Waals surface area contributed by atoms with Crippen LogP contribution in [0, 0.1) is 19.8 Å². The first-order valence-corrected chi connectivity index (χ1v) is 12.6. The van der Waals surface area contributed by atoms with Crippen LogP contribution in [0.1, 0.15) is 47.3 Å². The second kappa shape index (κ2) is 9.07. The van der Waals surface area contributed by atoms with E-state index in [1.165, 1.54) is 16.6 Å². The maximum absolute atomic E-state index is 13.2. The number of carbonyl (C=O) groups is 2. The Bertz CT molecular complexity index is 1120. The molecule has 2 amide bonds. The highest BCUT2D eigenvalue weighted by Crippen LogP contribution is 2.26. The fourth-order valence-corrected chi connectivity index (χ4v) is 5.97. The minimum absolute atomic E-state index is 0.0653. The van der Waals surface area contributed by atoms with E-state index < -0.39 is 15.9 Å². The number of H-pyrrole nitrogens is 1. The number of amides is 2. The van der Waals surface area contributed by atoms with Gasteiger partial charge in [-0.1, -0.05) is 17.7 Å². The van der Waals surface area contributed by atoms with Gasteiger partial charge in [-0.3, -0.25) is 9.59 Å². The number of likely N-dealkylation sites (tertiary alicyclic amines) is 1. The lowest BCUT2D eigenvalue weighted by molar-refractivity contribution is -0.120. The summed E-state index contributed by atoms with van der Waals surface area (Å²) in [5, 5.41) is 2.95. The molecule has 32 heavy (non-hydrogen) atoms. The van der Waals surface area contributed by atoms with Crippen molar-refractivity contribution in [1.82, 2.24) is 14.2 Å². The summed E-state index contributed by atoms with van der Waals surface area (Å²) < 4.78 is 27.8. The lowest BCUT2D eigenvalue weighted by atomic mass is 9.98. The van der Waals surface area contributed by atoms with Gasteiger partial charge in [0.05, 0.1) is 5.92 Å². The number of anilines is 1. The highest BCUT2D eigenvalue weighted by molar-refractivity contribution is 7.89. The molecule has 0 saturated carbocycles. The van der Waals surface area contributed by atoms with E-state index in [1.54, 1.807) is 4.90 Å². The lowest BCUT2D eigenvalue weighted by Gasteiger charge is -2.31. The zero-order valence-corrected chi connectivity index (χ0v) is 19.4. The Morgan fingerprint density at radius 2 is 1.81 bits per heavy atom. The van der Waals surface area contributed by atoms with E-state index in [-0.39, 0.29) is 28.9 Å². The third-order valence-corrected chi connectivity index (χ3v) is 8.16. The molecule has 2 aromatic rings. The van der Waals surface area contributed by atoms with Crippen molar-refractivity contribution in [2.24, 2.45) is 5.92 Å². The standard InChI is InChI=1S/C23H30N4O4S/c1-16-7-8-20(17(2)12-16)25-22(28)18-6-5-11-27(15-18)32(30,31)19-13-21(24-14-19)23(29)26-9-3-4-10-26/h7-8,12-14,18,24H,3-6,9-11,15H2,1-2H3,(H,25,28)/t18-/m1/s1. The topological polar surface area (TPSA) is 103 Å². The van der Waals surface area contributed by atoms with E-state index in [0.717, 1.165) is 29.7 Å². The van der Waals surface area contributed by atoms with Crippen LogP contribution in [0.5, 0.6) is 0 Å². The highest BCUT2D eigenvalue weighted by atomic mass is 32.2. The molecule has 0 unspecified atom stereocenters. The Hall–Kier alpha value is -2.65. The molecule has 1 aromatic carbocycles. The number of nitrogens with one attached hydrogen (secondary N) is 2. The lowest BCUT2D eigenvalue weighted by Crippen LogP contribution is -2.43. The molecule has 2 aliphatic heterocycles. The molecule has 0 spiro atoms. The van der Waals surface area contributed by atoms with Gasteiger partial charge in [0.2, 0.25) is 15.9 Å². The summed E-state index contributed by atoms with van der Waals surface area (Å²) in [6.07, 6.45) is 4.55. The van der Waals surface area contributed by atoms with Crippen LogP contribution in [0.15, 0.2) is 35.4 Å². The van der Waals surface area contributed by atoms with Gasteiger partial charge in [-0.05, 0) is 57.2 Å².